The summed E-state index contributed by atoms with van der Waals surface area (Å²) in [6, 6.07) is 12.7. The maximum Gasteiger partial charge on any atom is 0.254 e. The highest BCUT2D eigenvalue weighted by atomic mass is 32.2. The Bertz CT molecular complexity index is 1170. The van der Waals surface area contributed by atoms with Crippen molar-refractivity contribution >= 4 is 21.6 Å². The van der Waals surface area contributed by atoms with E-state index in [1.807, 2.05) is 31.2 Å². The third-order valence-corrected chi connectivity index (χ3v) is 6.06. The number of sulfonamides is 1. The van der Waals surface area contributed by atoms with Crippen LogP contribution in [0.4, 0.5) is 5.69 Å². The van der Waals surface area contributed by atoms with Gasteiger partial charge in [-0.2, -0.15) is 4.98 Å². The van der Waals surface area contributed by atoms with Gasteiger partial charge in [-0.25, -0.2) is 8.42 Å². The Morgan fingerprint density at radius 3 is 2.37 bits per heavy atom. The van der Waals surface area contributed by atoms with E-state index < -0.39 is 10.0 Å². The van der Waals surface area contributed by atoms with Gasteiger partial charge < -0.3 is 9.42 Å². The van der Waals surface area contributed by atoms with E-state index in [0.717, 1.165) is 21.7 Å². The first-order chi connectivity index (χ1) is 14.1. The molecule has 0 N–H and O–H groups in total. The number of hydrogen-bond acceptors (Lipinski definition) is 6. The standard InChI is InChI=1S/C21H24N4O4S/c1-14-9-11-16(12-10-14)20-22-19(29-23-20)13-24(3)21(26)17-7-6-8-18(15(17)2)25(4)30(5,27)28/h6-12H,13H2,1-5H3. The van der Waals surface area contributed by atoms with Crippen molar-refractivity contribution in [3.63, 3.8) is 0 Å². The van der Waals surface area contributed by atoms with Crippen molar-refractivity contribution in [3.8, 4) is 11.4 Å². The zero-order chi connectivity index (χ0) is 22.1. The molecule has 0 atom stereocenters. The second-order valence-corrected chi connectivity index (χ2v) is 9.23. The number of carbonyl (C=O) groups excluding carboxylic acids is 1. The van der Waals surface area contributed by atoms with E-state index in [9.17, 15) is 13.2 Å². The Labute approximate surface area is 176 Å². The topological polar surface area (TPSA) is 96.6 Å². The van der Waals surface area contributed by atoms with Gasteiger partial charge in [0.1, 0.15) is 0 Å². The third kappa shape index (κ3) is 4.51. The number of aryl methyl sites for hydroxylation is 1. The molecule has 0 bridgehead atoms. The number of amides is 1. The van der Waals surface area contributed by atoms with Crippen LogP contribution in [0.25, 0.3) is 11.4 Å². The van der Waals surface area contributed by atoms with Crippen LogP contribution in [0.1, 0.15) is 27.4 Å². The minimum atomic E-state index is -3.44. The fourth-order valence-electron chi connectivity index (χ4n) is 2.99. The number of nitrogens with zero attached hydrogens (tertiary/aromatic N) is 4. The molecular formula is C21H24N4O4S. The average Bonchev–Trinajstić information content (AvgIpc) is 3.15. The second-order valence-electron chi connectivity index (χ2n) is 7.22. The summed E-state index contributed by atoms with van der Waals surface area (Å²) < 4.78 is 30.2. The SMILES string of the molecule is Cc1ccc(-c2noc(CN(C)C(=O)c3cccc(N(C)S(C)(=O)=O)c3C)n2)cc1. The Morgan fingerprint density at radius 1 is 1.07 bits per heavy atom. The van der Waals surface area contributed by atoms with Crippen LogP contribution in [0, 0.1) is 13.8 Å². The number of carbonyl (C=O) groups is 1. The molecule has 0 aliphatic carbocycles. The van der Waals surface area contributed by atoms with Gasteiger partial charge >= 0.3 is 0 Å². The van der Waals surface area contributed by atoms with Crippen molar-refractivity contribution in [3.05, 3.63) is 65.0 Å². The molecule has 1 heterocycles. The van der Waals surface area contributed by atoms with Gasteiger partial charge in [0, 0.05) is 25.2 Å². The van der Waals surface area contributed by atoms with E-state index in [0.29, 0.717) is 28.5 Å². The van der Waals surface area contributed by atoms with Crippen LogP contribution in [0.15, 0.2) is 47.0 Å². The number of aromatic nitrogens is 2. The Balaban J connectivity index is 1.79. The fourth-order valence-corrected chi connectivity index (χ4v) is 3.55. The molecule has 0 aliphatic rings. The Kier molecular flexibility index (Phi) is 5.93. The summed E-state index contributed by atoms with van der Waals surface area (Å²) in [4.78, 5) is 18.8. The molecule has 9 heteroatoms. The Hall–Kier alpha value is -3.20. The maximum atomic E-state index is 13.0. The van der Waals surface area contributed by atoms with Gasteiger partial charge in [0.25, 0.3) is 5.91 Å². The first-order valence-electron chi connectivity index (χ1n) is 9.26. The van der Waals surface area contributed by atoms with Crippen LogP contribution in [0.3, 0.4) is 0 Å². The van der Waals surface area contributed by atoms with E-state index in [-0.39, 0.29) is 12.5 Å². The molecule has 3 rings (SSSR count). The van der Waals surface area contributed by atoms with E-state index in [1.54, 1.807) is 32.2 Å². The highest BCUT2D eigenvalue weighted by Gasteiger charge is 2.22. The summed E-state index contributed by atoms with van der Waals surface area (Å²) in [5.41, 5.74) is 3.40. The molecule has 0 radical (unpaired) electrons. The lowest BCUT2D eigenvalue weighted by Crippen LogP contribution is -2.29. The molecular weight excluding hydrogens is 404 g/mol. The molecule has 30 heavy (non-hydrogen) atoms. The highest BCUT2D eigenvalue weighted by Crippen LogP contribution is 2.25. The third-order valence-electron chi connectivity index (χ3n) is 4.87. The summed E-state index contributed by atoms with van der Waals surface area (Å²) >= 11 is 0. The van der Waals surface area contributed by atoms with Crippen LogP contribution in [-0.2, 0) is 16.6 Å². The van der Waals surface area contributed by atoms with E-state index >= 15 is 0 Å². The predicted molar refractivity (Wildman–Crippen MR) is 115 cm³/mol. The van der Waals surface area contributed by atoms with E-state index in [2.05, 4.69) is 10.1 Å². The molecule has 0 unspecified atom stereocenters. The molecule has 0 aliphatic heterocycles. The van der Waals surface area contributed by atoms with Crippen molar-refractivity contribution in [2.45, 2.75) is 20.4 Å². The summed E-state index contributed by atoms with van der Waals surface area (Å²) in [6.45, 7) is 3.85. The lowest BCUT2D eigenvalue weighted by atomic mass is 10.1. The number of hydrogen-bond donors (Lipinski definition) is 0. The summed E-state index contributed by atoms with van der Waals surface area (Å²) in [6.07, 6.45) is 1.12. The maximum absolute atomic E-state index is 13.0. The summed E-state index contributed by atoms with van der Waals surface area (Å²) in [7, 11) is -0.352. The lowest BCUT2D eigenvalue weighted by molar-refractivity contribution is 0.0769. The molecule has 0 fully saturated rings. The second kappa shape index (κ2) is 8.27. The normalized spacial score (nSPS) is 11.4. The van der Waals surface area contributed by atoms with Gasteiger partial charge in [-0.15, -0.1) is 0 Å². The van der Waals surface area contributed by atoms with Gasteiger partial charge in [-0.3, -0.25) is 9.10 Å². The van der Waals surface area contributed by atoms with Crippen LogP contribution in [-0.4, -0.2) is 49.7 Å². The number of anilines is 1. The largest absolute Gasteiger partial charge is 0.337 e. The van der Waals surface area contributed by atoms with E-state index in [1.165, 1.54) is 11.9 Å². The molecule has 0 saturated heterocycles. The first-order valence-corrected chi connectivity index (χ1v) is 11.1. The molecule has 8 nitrogen and oxygen atoms in total. The van der Waals surface area contributed by atoms with Crippen LogP contribution >= 0.6 is 0 Å². The van der Waals surface area contributed by atoms with Crippen LogP contribution < -0.4 is 4.31 Å². The zero-order valence-corrected chi connectivity index (χ0v) is 18.4. The number of benzene rings is 2. The van der Waals surface area contributed by atoms with Crippen molar-refractivity contribution in [2.75, 3.05) is 24.7 Å². The quantitative estimate of drug-likeness (QED) is 0.599. The van der Waals surface area contributed by atoms with Crippen molar-refractivity contribution in [1.29, 1.82) is 0 Å². The summed E-state index contributed by atoms with van der Waals surface area (Å²) in [5, 5.41) is 3.99. The summed E-state index contributed by atoms with van der Waals surface area (Å²) in [5.74, 6) is 0.494. The van der Waals surface area contributed by atoms with Crippen molar-refractivity contribution in [1.82, 2.24) is 15.0 Å². The molecule has 0 spiro atoms. The van der Waals surface area contributed by atoms with Gasteiger partial charge in [-0.1, -0.05) is 41.1 Å². The molecule has 158 valence electrons. The number of rotatable bonds is 6. The first kappa shape index (κ1) is 21.5. The van der Waals surface area contributed by atoms with Gasteiger partial charge in [0.05, 0.1) is 18.5 Å². The molecule has 1 aromatic heterocycles. The van der Waals surface area contributed by atoms with Crippen LogP contribution in [0.5, 0.6) is 0 Å². The minimum Gasteiger partial charge on any atom is -0.337 e. The average molecular weight is 429 g/mol. The zero-order valence-electron chi connectivity index (χ0n) is 17.6. The van der Waals surface area contributed by atoms with Gasteiger partial charge in [-0.05, 0) is 31.5 Å². The molecule has 3 aromatic rings. The minimum absolute atomic E-state index is 0.128. The fraction of sp³-hybridized carbons (Fsp3) is 0.286. The highest BCUT2D eigenvalue weighted by molar-refractivity contribution is 7.92. The Morgan fingerprint density at radius 2 is 1.73 bits per heavy atom. The molecule has 2 aromatic carbocycles. The molecule has 0 saturated carbocycles. The van der Waals surface area contributed by atoms with Crippen LogP contribution in [0.2, 0.25) is 0 Å². The predicted octanol–water partition coefficient (Wildman–Crippen LogP) is 3.02. The van der Waals surface area contributed by atoms with Gasteiger partial charge in [0.15, 0.2) is 0 Å². The lowest BCUT2D eigenvalue weighted by Gasteiger charge is -2.22. The van der Waals surface area contributed by atoms with Crippen molar-refractivity contribution in [2.24, 2.45) is 0 Å². The molecule has 1 amide bonds. The smallest absolute Gasteiger partial charge is 0.254 e. The monoisotopic (exact) mass is 428 g/mol. The van der Waals surface area contributed by atoms with E-state index in [4.69, 9.17) is 4.52 Å². The van der Waals surface area contributed by atoms with Crippen molar-refractivity contribution < 1.29 is 17.7 Å². The van der Waals surface area contributed by atoms with Gasteiger partial charge in [0.2, 0.25) is 21.7 Å².